The Morgan fingerprint density at radius 3 is 2.88 bits per heavy atom. The second-order valence-electron chi connectivity index (χ2n) is 3.77. The van der Waals surface area contributed by atoms with Gasteiger partial charge in [0.05, 0.1) is 16.9 Å². The summed E-state index contributed by atoms with van der Waals surface area (Å²) in [6.45, 7) is -2.19. The average Bonchev–Trinajstić information content (AvgIpc) is 2.29. The lowest BCUT2D eigenvalue weighted by Crippen LogP contribution is -2.13. The Hall–Kier alpha value is -0.940. The maximum Gasteiger partial charge on any atom is 0.387 e. The second kappa shape index (κ2) is 5.60. The predicted octanol–water partition coefficient (Wildman–Crippen LogP) is 3.58. The molecule has 1 unspecified atom stereocenters. The van der Waals surface area contributed by atoms with Gasteiger partial charge in [-0.3, -0.25) is 4.98 Å². The summed E-state index contributed by atoms with van der Waals surface area (Å²) in [5.74, 6) is -0.0374. The molecule has 1 aromatic heterocycles. The third kappa shape index (κ3) is 3.26. The summed E-state index contributed by atoms with van der Waals surface area (Å²) < 4.78 is 33.7. The molecule has 0 radical (unpaired) electrons. The van der Waals surface area contributed by atoms with Crippen molar-refractivity contribution in [2.75, 3.05) is 6.61 Å². The van der Waals surface area contributed by atoms with Crippen LogP contribution in [0.15, 0.2) is 12.3 Å². The lowest BCUT2D eigenvalue weighted by molar-refractivity contribution is -0.0501. The Morgan fingerprint density at radius 2 is 2.29 bits per heavy atom. The van der Waals surface area contributed by atoms with Crippen LogP contribution in [0.2, 0.25) is 5.02 Å². The van der Waals surface area contributed by atoms with Crippen molar-refractivity contribution in [3.63, 3.8) is 0 Å². The van der Waals surface area contributed by atoms with Crippen LogP contribution in [0.4, 0.5) is 8.78 Å². The molecule has 17 heavy (non-hydrogen) atoms. The van der Waals surface area contributed by atoms with Crippen molar-refractivity contribution in [1.29, 1.82) is 0 Å². The molecule has 0 bridgehead atoms. The van der Waals surface area contributed by atoms with E-state index in [1.165, 1.54) is 12.3 Å². The molecule has 2 rings (SSSR count). The van der Waals surface area contributed by atoms with Crippen molar-refractivity contribution in [1.82, 2.24) is 4.98 Å². The summed E-state index contributed by atoms with van der Waals surface area (Å²) in [5, 5.41) is 0.301. The Bertz CT molecular complexity index is 384. The standard InChI is InChI=1S/C11H12ClF2NO2/c12-8-5-7(17-11(13)14)6-15-10(8)9-3-1-2-4-16-9/h5-6,9,11H,1-4H2. The van der Waals surface area contributed by atoms with Gasteiger partial charge in [0.15, 0.2) is 0 Å². The summed E-state index contributed by atoms with van der Waals surface area (Å²) in [7, 11) is 0. The molecule has 1 aliphatic heterocycles. The molecule has 1 fully saturated rings. The molecule has 2 heterocycles. The SMILES string of the molecule is FC(F)Oc1cnc(C2CCCCO2)c(Cl)c1. The molecule has 0 aliphatic carbocycles. The highest BCUT2D eigenvalue weighted by atomic mass is 35.5. The van der Waals surface area contributed by atoms with Crippen LogP contribution in [-0.2, 0) is 4.74 Å². The van der Waals surface area contributed by atoms with E-state index in [0.717, 1.165) is 19.3 Å². The smallest absolute Gasteiger partial charge is 0.387 e. The average molecular weight is 264 g/mol. The Morgan fingerprint density at radius 1 is 1.47 bits per heavy atom. The van der Waals surface area contributed by atoms with E-state index < -0.39 is 6.61 Å². The Labute approximate surface area is 103 Å². The van der Waals surface area contributed by atoms with E-state index in [-0.39, 0.29) is 11.9 Å². The molecule has 0 spiro atoms. The molecular formula is C11H12ClF2NO2. The monoisotopic (exact) mass is 263 g/mol. The van der Waals surface area contributed by atoms with Gasteiger partial charge in [-0.2, -0.15) is 8.78 Å². The zero-order valence-corrected chi connectivity index (χ0v) is 9.79. The molecular weight excluding hydrogens is 252 g/mol. The highest BCUT2D eigenvalue weighted by molar-refractivity contribution is 6.31. The molecule has 0 saturated carbocycles. The number of rotatable bonds is 3. The minimum atomic E-state index is -2.87. The molecule has 3 nitrogen and oxygen atoms in total. The number of alkyl halides is 2. The molecule has 0 aromatic carbocycles. The van der Waals surface area contributed by atoms with E-state index in [0.29, 0.717) is 17.3 Å². The van der Waals surface area contributed by atoms with Crippen molar-refractivity contribution in [2.24, 2.45) is 0 Å². The molecule has 0 amide bonds. The van der Waals surface area contributed by atoms with Crippen molar-refractivity contribution in [3.05, 3.63) is 23.0 Å². The fraction of sp³-hybridized carbons (Fsp3) is 0.545. The van der Waals surface area contributed by atoms with Crippen LogP contribution < -0.4 is 4.74 Å². The third-order valence-electron chi connectivity index (χ3n) is 2.55. The fourth-order valence-electron chi connectivity index (χ4n) is 1.79. The van der Waals surface area contributed by atoms with Crippen LogP contribution in [0.3, 0.4) is 0 Å². The number of halogens is 3. The summed E-state index contributed by atoms with van der Waals surface area (Å²) in [5.41, 5.74) is 0.591. The summed E-state index contributed by atoms with van der Waals surface area (Å²) in [4.78, 5) is 4.04. The van der Waals surface area contributed by atoms with Crippen molar-refractivity contribution in [3.8, 4) is 5.75 Å². The first-order chi connectivity index (χ1) is 8.16. The zero-order valence-electron chi connectivity index (χ0n) is 9.04. The highest BCUT2D eigenvalue weighted by Gasteiger charge is 2.20. The number of hydrogen-bond donors (Lipinski definition) is 0. The predicted molar refractivity (Wildman–Crippen MR) is 58.4 cm³/mol. The summed E-state index contributed by atoms with van der Waals surface area (Å²) in [6.07, 6.45) is 4.03. The van der Waals surface area contributed by atoms with Crippen LogP contribution in [-0.4, -0.2) is 18.2 Å². The maximum atomic E-state index is 12.0. The van der Waals surface area contributed by atoms with E-state index >= 15 is 0 Å². The lowest BCUT2D eigenvalue weighted by Gasteiger charge is -2.22. The number of hydrogen-bond acceptors (Lipinski definition) is 3. The zero-order chi connectivity index (χ0) is 12.3. The number of nitrogens with zero attached hydrogens (tertiary/aromatic N) is 1. The van der Waals surface area contributed by atoms with E-state index in [1.54, 1.807) is 0 Å². The van der Waals surface area contributed by atoms with Crippen LogP contribution >= 0.6 is 11.6 Å². The van der Waals surface area contributed by atoms with Crippen molar-refractivity contribution >= 4 is 11.6 Å². The van der Waals surface area contributed by atoms with Gasteiger partial charge in [-0.1, -0.05) is 11.6 Å². The van der Waals surface area contributed by atoms with Gasteiger partial charge >= 0.3 is 6.61 Å². The fourth-order valence-corrected chi connectivity index (χ4v) is 2.07. The van der Waals surface area contributed by atoms with Gasteiger partial charge in [0.2, 0.25) is 0 Å². The maximum absolute atomic E-state index is 12.0. The van der Waals surface area contributed by atoms with Crippen LogP contribution in [0.25, 0.3) is 0 Å². The van der Waals surface area contributed by atoms with Crippen LogP contribution in [0, 0.1) is 0 Å². The minimum absolute atomic E-state index is 0.0374. The van der Waals surface area contributed by atoms with Gasteiger partial charge in [-0.05, 0) is 19.3 Å². The molecule has 1 aromatic rings. The second-order valence-corrected chi connectivity index (χ2v) is 4.18. The van der Waals surface area contributed by atoms with Crippen LogP contribution in [0.1, 0.15) is 31.1 Å². The first kappa shape index (κ1) is 12.5. The van der Waals surface area contributed by atoms with Gasteiger partial charge in [0.1, 0.15) is 11.9 Å². The van der Waals surface area contributed by atoms with Crippen molar-refractivity contribution in [2.45, 2.75) is 32.0 Å². The largest absolute Gasteiger partial charge is 0.433 e. The molecule has 1 saturated heterocycles. The normalized spacial score (nSPS) is 20.6. The molecule has 1 atom stereocenters. The summed E-state index contributed by atoms with van der Waals surface area (Å²) >= 11 is 5.98. The first-order valence-electron chi connectivity index (χ1n) is 5.38. The van der Waals surface area contributed by atoms with E-state index in [9.17, 15) is 8.78 Å². The molecule has 1 aliphatic rings. The number of pyridine rings is 1. The summed E-state index contributed by atoms with van der Waals surface area (Å²) in [6, 6.07) is 1.34. The van der Waals surface area contributed by atoms with Gasteiger partial charge in [0, 0.05) is 12.7 Å². The van der Waals surface area contributed by atoms with Crippen molar-refractivity contribution < 1.29 is 18.3 Å². The molecule has 6 heteroatoms. The Balaban J connectivity index is 2.13. The Kier molecular flexibility index (Phi) is 4.12. The van der Waals surface area contributed by atoms with E-state index in [1.807, 2.05) is 0 Å². The minimum Gasteiger partial charge on any atom is -0.433 e. The molecule has 0 N–H and O–H groups in total. The highest BCUT2D eigenvalue weighted by Crippen LogP contribution is 2.32. The van der Waals surface area contributed by atoms with Gasteiger partial charge in [0.25, 0.3) is 0 Å². The van der Waals surface area contributed by atoms with Gasteiger partial charge in [-0.15, -0.1) is 0 Å². The van der Waals surface area contributed by atoms with Crippen LogP contribution in [0.5, 0.6) is 5.75 Å². The van der Waals surface area contributed by atoms with Gasteiger partial charge < -0.3 is 9.47 Å². The first-order valence-corrected chi connectivity index (χ1v) is 5.76. The lowest BCUT2D eigenvalue weighted by atomic mass is 10.1. The van der Waals surface area contributed by atoms with E-state index in [2.05, 4.69) is 9.72 Å². The quantitative estimate of drug-likeness (QED) is 0.835. The third-order valence-corrected chi connectivity index (χ3v) is 2.86. The molecule has 94 valence electrons. The number of aromatic nitrogens is 1. The van der Waals surface area contributed by atoms with Gasteiger partial charge in [-0.25, -0.2) is 0 Å². The van der Waals surface area contributed by atoms with E-state index in [4.69, 9.17) is 16.3 Å². The topological polar surface area (TPSA) is 31.4 Å². The number of ether oxygens (including phenoxy) is 2.